The van der Waals surface area contributed by atoms with Gasteiger partial charge in [0.05, 0.1) is 0 Å². The fourth-order valence-corrected chi connectivity index (χ4v) is 2.23. The second kappa shape index (κ2) is 7.50. The maximum absolute atomic E-state index is 11.8. The van der Waals surface area contributed by atoms with Crippen molar-refractivity contribution in [1.29, 1.82) is 0 Å². The number of carbonyl (C=O) groups excluding carboxylic acids is 1. The standard InChI is InChI=1S/C18H21NO3/c1-13-12-15(4-8-17(13)21)5-9-18(22)19-11-10-14-2-6-16(20)7-3-14/h2-4,6-8,12,20-21H,5,9-11H2,1H3,(H,19,22). The first-order chi connectivity index (χ1) is 10.5. The summed E-state index contributed by atoms with van der Waals surface area (Å²) < 4.78 is 0. The van der Waals surface area contributed by atoms with Crippen LogP contribution in [-0.2, 0) is 17.6 Å². The Balaban J connectivity index is 1.71. The molecular formula is C18H21NO3. The second-order valence-electron chi connectivity index (χ2n) is 5.39. The lowest BCUT2D eigenvalue weighted by Gasteiger charge is -2.07. The van der Waals surface area contributed by atoms with Crippen molar-refractivity contribution < 1.29 is 15.0 Å². The predicted octanol–water partition coefficient (Wildman–Crippen LogP) is 2.70. The molecule has 2 aromatic carbocycles. The first-order valence-electron chi connectivity index (χ1n) is 7.37. The van der Waals surface area contributed by atoms with Crippen LogP contribution in [0.25, 0.3) is 0 Å². The summed E-state index contributed by atoms with van der Waals surface area (Å²) in [4.78, 5) is 11.8. The number of rotatable bonds is 6. The summed E-state index contributed by atoms with van der Waals surface area (Å²) in [7, 11) is 0. The van der Waals surface area contributed by atoms with Gasteiger partial charge in [0.2, 0.25) is 5.91 Å². The van der Waals surface area contributed by atoms with Crippen molar-refractivity contribution in [3.8, 4) is 11.5 Å². The molecule has 0 saturated heterocycles. The van der Waals surface area contributed by atoms with Crippen LogP contribution < -0.4 is 5.32 Å². The van der Waals surface area contributed by atoms with Crippen molar-refractivity contribution >= 4 is 5.91 Å². The molecule has 3 N–H and O–H groups in total. The highest BCUT2D eigenvalue weighted by atomic mass is 16.3. The van der Waals surface area contributed by atoms with Gasteiger partial charge in [-0.25, -0.2) is 0 Å². The van der Waals surface area contributed by atoms with Gasteiger partial charge in [-0.05, 0) is 54.7 Å². The van der Waals surface area contributed by atoms with E-state index in [9.17, 15) is 15.0 Å². The minimum atomic E-state index is 0.0181. The van der Waals surface area contributed by atoms with Crippen LogP contribution in [-0.4, -0.2) is 22.7 Å². The topological polar surface area (TPSA) is 69.6 Å². The molecule has 22 heavy (non-hydrogen) atoms. The summed E-state index contributed by atoms with van der Waals surface area (Å²) in [5.41, 5.74) is 2.95. The molecule has 4 nitrogen and oxygen atoms in total. The third-order valence-corrected chi connectivity index (χ3v) is 3.57. The van der Waals surface area contributed by atoms with Crippen molar-refractivity contribution in [3.05, 3.63) is 59.2 Å². The predicted molar refractivity (Wildman–Crippen MR) is 86.0 cm³/mol. The Kier molecular flexibility index (Phi) is 5.42. The van der Waals surface area contributed by atoms with Gasteiger partial charge in [-0.3, -0.25) is 4.79 Å². The number of benzene rings is 2. The van der Waals surface area contributed by atoms with Gasteiger partial charge in [0.15, 0.2) is 0 Å². The molecule has 0 atom stereocenters. The van der Waals surface area contributed by atoms with E-state index in [1.807, 2.05) is 31.2 Å². The summed E-state index contributed by atoms with van der Waals surface area (Å²) in [6.45, 7) is 2.43. The maximum Gasteiger partial charge on any atom is 0.220 e. The monoisotopic (exact) mass is 299 g/mol. The van der Waals surface area contributed by atoms with Gasteiger partial charge in [0, 0.05) is 13.0 Å². The number of aromatic hydroxyl groups is 2. The molecule has 0 radical (unpaired) electrons. The Morgan fingerprint density at radius 3 is 2.36 bits per heavy atom. The first kappa shape index (κ1) is 15.9. The van der Waals surface area contributed by atoms with Crippen LogP contribution in [0.2, 0.25) is 0 Å². The van der Waals surface area contributed by atoms with Crippen LogP contribution in [0.4, 0.5) is 0 Å². The molecule has 0 bridgehead atoms. The van der Waals surface area contributed by atoms with Gasteiger partial charge in [-0.2, -0.15) is 0 Å². The molecule has 116 valence electrons. The number of phenols is 2. The smallest absolute Gasteiger partial charge is 0.220 e. The van der Waals surface area contributed by atoms with E-state index in [1.54, 1.807) is 18.2 Å². The SMILES string of the molecule is Cc1cc(CCC(=O)NCCc2ccc(O)cc2)ccc1O. The highest BCUT2D eigenvalue weighted by Crippen LogP contribution is 2.17. The van der Waals surface area contributed by atoms with Crippen molar-refractivity contribution in [2.75, 3.05) is 6.54 Å². The van der Waals surface area contributed by atoms with Gasteiger partial charge >= 0.3 is 0 Å². The van der Waals surface area contributed by atoms with Gasteiger partial charge < -0.3 is 15.5 Å². The number of carbonyl (C=O) groups is 1. The van der Waals surface area contributed by atoms with E-state index < -0.39 is 0 Å². The molecule has 0 aliphatic heterocycles. The van der Waals surface area contributed by atoms with Crippen LogP contribution in [0.1, 0.15) is 23.1 Å². The fraction of sp³-hybridized carbons (Fsp3) is 0.278. The Hall–Kier alpha value is -2.49. The molecule has 0 aromatic heterocycles. The Labute approximate surface area is 130 Å². The second-order valence-corrected chi connectivity index (χ2v) is 5.39. The zero-order chi connectivity index (χ0) is 15.9. The van der Waals surface area contributed by atoms with Crippen molar-refractivity contribution in [2.24, 2.45) is 0 Å². The summed E-state index contributed by atoms with van der Waals surface area (Å²) in [5, 5.41) is 21.6. The highest BCUT2D eigenvalue weighted by Gasteiger charge is 2.04. The maximum atomic E-state index is 11.8. The zero-order valence-electron chi connectivity index (χ0n) is 12.7. The van der Waals surface area contributed by atoms with Gasteiger partial charge in [-0.15, -0.1) is 0 Å². The number of hydrogen-bond donors (Lipinski definition) is 3. The molecule has 2 aromatic rings. The molecule has 2 rings (SSSR count). The molecule has 0 heterocycles. The third-order valence-electron chi connectivity index (χ3n) is 3.57. The molecule has 0 fully saturated rings. The quantitative estimate of drug-likeness (QED) is 0.768. The first-order valence-corrected chi connectivity index (χ1v) is 7.37. The molecular weight excluding hydrogens is 278 g/mol. The third kappa shape index (κ3) is 4.81. The molecule has 0 unspecified atom stereocenters. The van der Waals surface area contributed by atoms with Crippen LogP contribution in [0.15, 0.2) is 42.5 Å². The van der Waals surface area contributed by atoms with Gasteiger partial charge in [0.1, 0.15) is 11.5 Å². The lowest BCUT2D eigenvalue weighted by molar-refractivity contribution is -0.121. The Bertz CT molecular complexity index is 635. The van der Waals surface area contributed by atoms with Crippen molar-refractivity contribution in [3.63, 3.8) is 0 Å². The van der Waals surface area contributed by atoms with Crippen molar-refractivity contribution in [2.45, 2.75) is 26.2 Å². The highest BCUT2D eigenvalue weighted by molar-refractivity contribution is 5.76. The number of amides is 1. The Morgan fingerprint density at radius 1 is 1.00 bits per heavy atom. The number of aryl methyl sites for hydroxylation is 2. The van der Waals surface area contributed by atoms with E-state index in [0.29, 0.717) is 19.4 Å². The van der Waals surface area contributed by atoms with Crippen LogP contribution in [0.3, 0.4) is 0 Å². The lowest BCUT2D eigenvalue weighted by atomic mass is 10.1. The zero-order valence-corrected chi connectivity index (χ0v) is 12.7. The largest absolute Gasteiger partial charge is 0.508 e. The lowest BCUT2D eigenvalue weighted by Crippen LogP contribution is -2.25. The van der Waals surface area contributed by atoms with Crippen LogP contribution in [0.5, 0.6) is 11.5 Å². The van der Waals surface area contributed by atoms with Crippen LogP contribution >= 0.6 is 0 Å². The van der Waals surface area contributed by atoms with E-state index in [4.69, 9.17) is 0 Å². The molecule has 4 heteroatoms. The van der Waals surface area contributed by atoms with Gasteiger partial charge in [0.25, 0.3) is 0 Å². The van der Waals surface area contributed by atoms with E-state index in [2.05, 4.69) is 5.32 Å². The van der Waals surface area contributed by atoms with E-state index in [1.165, 1.54) is 0 Å². The van der Waals surface area contributed by atoms with E-state index in [0.717, 1.165) is 23.1 Å². The number of phenolic OH excluding ortho intramolecular Hbond substituents is 2. The molecule has 0 aliphatic carbocycles. The molecule has 0 aliphatic rings. The van der Waals surface area contributed by atoms with Crippen molar-refractivity contribution in [1.82, 2.24) is 5.32 Å². The van der Waals surface area contributed by atoms with E-state index in [-0.39, 0.29) is 17.4 Å². The summed E-state index contributed by atoms with van der Waals surface area (Å²) in [5.74, 6) is 0.545. The minimum Gasteiger partial charge on any atom is -0.508 e. The fourth-order valence-electron chi connectivity index (χ4n) is 2.23. The average Bonchev–Trinajstić information content (AvgIpc) is 2.50. The Morgan fingerprint density at radius 2 is 1.68 bits per heavy atom. The minimum absolute atomic E-state index is 0.0181. The van der Waals surface area contributed by atoms with Crippen LogP contribution in [0, 0.1) is 6.92 Å². The molecule has 0 saturated carbocycles. The van der Waals surface area contributed by atoms with Gasteiger partial charge in [-0.1, -0.05) is 24.3 Å². The molecule has 1 amide bonds. The summed E-state index contributed by atoms with van der Waals surface area (Å²) >= 11 is 0. The van der Waals surface area contributed by atoms with E-state index >= 15 is 0 Å². The number of hydrogen-bond acceptors (Lipinski definition) is 3. The number of nitrogens with one attached hydrogen (secondary N) is 1. The average molecular weight is 299 g/mol. The normalized spacial score (nSPS) is 10.4. The summed E-state index contributed by atoms with van der Waals surface area (Å²) in [6.07, 6.45) is 1.83. The molecule has 0 spiro atoms. The summed E-state index contributed by atoms with van der Waals surface area (Å²) in [6, 6.07) is 12.4.